The average Bonchev–Trinajstić information content (AvgIpc) is 3.63. The van der Waals surface area contributed by atoms with E-state index in [0.29, 0.717) is 0 Å². The van der Waals surface area contributed by atoms with Crippen LogP contribution in [0.5, 0.6) is 0 Å². The van der Waals surface area contributed by atoms with Gasteiger partial charge in [-0.05, 0) is 122 Å². The van der Waals surface area contributed by atoms with E-state index in [-0.39, 0.29) is 0 Å². The Morgan fingerprint density at radius 3 is 1.55 bits per heavy atom. The van der Waals surface area contributed by atoms with Crippen LogP contribution in [-0.2, 0) is 0 Å². The lowest BCUT2D eigenvalue weighted by Gasteiger charge is -2.28. The third kappa shape index (κ3) is 5.91. The molecule has 0 saturated carbocycles. The van der Waals surface area contributed by atoms with E-state index in [2.05, 4.69) is 240 Å². The molecular formula is C56H38N2. The highest BCUT2D eigenvalue weighted by atomic mass is 15.1. The van der Waals surface area contributed by atoms with Crippen molar-refractivity contribution in [3.05, 3.63) is 231 Å². The number of rotatable bonds is 7. The Hall–Kier alpha value is -7.68. The maximum absolute atomic E-state index is 2.43. The number of hydrogen-bond acceptors (Lipinski definition) is 1. The Morgan fingerprint density at radius 2 is 0.810 bits per heavy atom. The smallest absolute Gasteiger partial charge is 0.0542 e. The van der Waals surface area contributed by atoms with Crippen molar-refractivity contribution in [1.29, 1.82) is 0 Å². The van der Waals surface area contributed by atoms with Gasteiger partial charge in [0.05, 0.1) is 16.7 Å². The zero-order valence-corrected chi connectivity index (χ0v) is 31.8. The Balaban J connectivity index is 1.06. The molecule has 1 heterocycles. The molecule has 0 aliphatic rings. The van der Waals surface area contributed by atoms with Gasteiger partial charge in [0.15, 0.2) is 0 Å². The van der Waals surface area contributed by atoms with Crippen LogP contribution in [0, 0.1) is 0 Å². The van der Waals surface area contributed by atoms with Gasteiger partial charge in [-0.15, -0.1) is 0 Å². The zero-order valence-electron chi connectivity index (χ0n) is 31.8. The van der Waals surface area contributed by atoms with Gasteiger partial charge in [-0.25, -0.2) is 0 Å². The molecule has 0 unspecified atom stereocenters. The first-order valence-electron chi connectivity index (χ1n) is 19.9. The lowest BCUT2D eigenvalue weighted by atomic mass is 9.96. The molecule has 0 amide bonds. The second-order valence-electron chi connectivity index (χ2n) is 15.0. The largest absolute Gasteiger partial charge is 0.310 e. The summed E-state index contributed by atoms with van der Waals surface area (Å²) in [5.74, 6) is 0. The van der Waals surface area contributed by atoms with Crippen LogP contribution in [0.4, 0.5) is 17.1 Å². The van der Waals surface area contributed by atoms with Crippen LogP contribution in [-0.4, -0.2) is 4.57 Å². The number of nitrogens with zero attached hydrogens (tertiary/aromatic N) is 2. The summed E-state index contributed by atoms with van der Waals surface area (Å²) >= 11 is 0. The second kappa shape index (κ2) is 14.1. The molecule has 0 N–H and O–H groups in total. The van der Waals surface area contributed by atoms with E-state index in [1.165, 1.54) is 76.7 Å². The Bertz CT molecular complexity index is 3270. The lowest BCUT2D eigenvalue weighted by Crippen LogP contribution is -2.11. The molecule has 0 bridgehead atoms. The molecule has 2 nitrogen and oxygen atoms in total. The quantitative estimate of drug-likeness (QED) is 0.158. The predicted octanol–water partition coefficient (Wildman–Crippen LogP) is 15.6. The van der Waals surface area contributed by atoms with Crippen LogP contribution in [0.3, 0.4) is 0 Å². The highest BCUT2D eigenvalue weighted by Gasteiger charge is 2.20. The third-order valence-electron chi connectivity index (χ3n) is 11.5. The zero-order chi connectivity index (χ0) is 38.4. The molecular weight excluding hydrogens is 701 g/mol. The van der Waals surface area contributed by atoms with Crippen molar-refractivity contribution < 1.29 is 0 Å². The number of benzene rings is 10. The van der Waals surface area contributed by atoms with Gasteiger partial charge in [0.25, 0.3) is 0 Å². The fourth-order valence-electron chi connectivity index (χ4n) is 8.70. The minimum atomic E-state index is 1.10. The van der Waals surface area contributed by atoms with Crippen molar-refractivity contribution in [3.8, 4) is 39.1 Å². The molecule has 0 saturated heterocycles. The summed E-state index contributed by atoms with van der Waals surface area (Å²) in [6.07, 6.45) is 0. The second-order valence-corrected chi connectivity index (χ2v) is 15.0. The first kappa shape index (κ1) is 33.6. The average molecular weight is 739 g/mol. The topological polar surface area (TPSA) is 8.17 Å². The highest BCUT2D eigenvalue weighted by Crippen LogP contribution is 2.44. The standard InChI is InChI=1S/C56H38N2/c1-4-14-39(15-5-1)42-26-27-44-35-45(29-28-43(44)34-42)46-25-24-40-30-31-49(37-47(40)36-46)57(54-22-12-10-20-51(54)41-16-6-2-7-17-41)50-32-33-56-53(38-50)52-21-11-13-23-55(52)58(56)48-18-8-3-9-19-48/h1-38H. The fourth-order valence-corrected chi connectivity index (χ4v) is 8.70. The van der Waals surface area contributed by atoms with E-state index in [1.807, 2.05) is 0 Å². The van der Waals surface area contributed by atoms with Gasteiger partial charge in [-0.1, -0.05) is 158 Å². The van der Waals surface area contributed by atoms with Crippen LogP contribution in [0.2, 0.25) is 0 Å². The third-order valence-corrected chi connectivity index (χ3v) is 11.5. The molecule has 1 aromatic heterocycles. The van der Waals surface area contributed by atoms with E-state index in [9.17, 15) is 0 Å². The molecule has 0 aliphatic heterocycles. The summed E-state index contributed by atoms with van der Waals surface area (Å²) in [5, 5.41) is 7.32. The Labute approximate surface area is 338 Å². The normalized spacial score (nSPS) is 11.4. The summed E-state index contributed by atoms with van der Waals surface area (Å²) in [6.45, 7) is 0. The van der Waals surface area contributed by atoms with Crippen LogP contribution in [0.15, 0.2) is 231 Å². The number of hydrogen-bond donors (Lipinski definition) is 0. The van der Waals surface area contributed by atoms with Gasteiger partial charge in [-0.3, -0.25) is 0 Å². The molecule has 11 rings (SSSR count). The maximum Gasteiger partial charge on any atom is 0.0542 e. The van der Waals surface area contributed by atoms with Crippen molar-refractivity contribution in [1.82, 2.24) is 4.57 Å². The number of fused-ring (bicyclic) bond motifs is 5. The van der Waals surface area contributed by atoms with E-state index < -0.39 is 0 Å². The van der Waals surface area contributed by atoms with E-state index in [1.54, 1.807) is 0 Å². The fraction of sp³-hybridized carbons (Fsp3) is 0. The SMILES string of the molecule is c1ccc(-c2ccc3cc(-c4ccc5ccc(N(c6ccc7c(c6)c6ccccc6n7-c6ccccc6)c6ccccc6-c6ccccc6)cc5c4)ccc3c2)cc1. The first-order chi connectivity index (χ1) is 28.7. The van der Waals surface area contributed by atoms with Crippen molar-refractivity contribution in [2.24, 2.45) is 0 Å². The molecule has 0 spiro atoms. The van der Waals surface area contributed by atoms with Crippen LogP contribution < -0.4 is 4.90 Å². The van der Waals surface area contributed by atoms with Crippen molar-refractivity contribution in [2.45, 2.75) is 0 Å². The van der Waals surface area contributed by atoms with Crippen molar-refractivity contribution >= 4 is 60.4 Å². The summed E-state index contributed by atoms with van der Waals surface area (Å²) in [6, 6.07) is 83.8. The summed E-state index contributed by atoms with van der Waals surface area (Å²) in [4.78, 5) is 2.43. The maximum atomic E-state index is 2.43. The molecule has 11 aromatic rings. The van der Waals surface area contributed by atoms with Crippen molar-refractivity contribution in [3.63, 3.8) is 0 Å². The summed E-state index contributed by atoms with van der Waals surface area (Å²) in [7, 11) is 0. The van der Waals surface area contributed by atoms with Crippen molar-refractivity contribution in [2.75, 3.05) is 4.90 Å². The van der Waals surface area contributed by atoms with Gasteiger partial charge in [0.2, 0.25) is 0 Å². The molecule has 0 fully saturated rings. The molecule has 0 atom stereocenters. The van der Waals surface area contributed by atoms with Crippen LogP contribution >= 0.6 is 0 Å². The van der Waals surface area contributed by atoms with E-state index in [0.717, 1.165) is 22.7 Å². The number of para-hydroxylation sites is 3. The summed E-state index contributed by atoms with van der Waals surface area (Å²) in [5.41, 5.74) is 14.1. The van der Waals surface area contributed by atoms with E-state index >= 15 is 0 Å². The molecule has 2 heteroatoms. The molecule has 0 aliphatic carbocycles. The predicted molar refractivity (Wildman–Crippen MR) is 247 cm³/mol. The number of aromatic nitrogens is 1. The molecule has 272 valence electrons. The Morgan fingerprint density at radius 1 is 0.293 bits per heavy atom. The van der Waals surface area contributed by atoms with Gasteiger partial charge in [-0.2, -0.15) is 0 Å². The minimum Gasteiger partial charge on any atom is -0.310 e. The van der Waals surface area contributed by atoms with Gasteiger partial charge in [0.1, 0.15) is 0 Å². The minimum absolute atomic E-state index is 1.10. The van der Waals surface area contributed by atoms with Gasteiger partial charge < -0.3 is 9.47 Å². The Kier molecular flexibility index (Phi) is 8.19. The van der Waals surface area contributed by atoms with E-state index in [4.69, 9.17) is 0 Å². The van der Waals surface area contributed by atoms with Crippen LogP contribution in [0.1, 0.15) is 0 Å². The lowest BCUT2D eigenvalue weighted by molar-refractivity contribution is 1.18. The molecule has 10 aromatic carbocycles. The first-order valence-corrected chi connectivity index (χ1v) is 19.9. The van der Waals surface area contributed by atoms with Crippen LogP contribution in [0.25, 0.3) is 82.4 Å². The van der Waals surface area contributed by atoms with Gasteiger partial charge >= 0.3 is 0 Å². The molecule has 58 heavy (non-hydrogen) atoms. The van der Waals surface area contributed by atoms with Gasteiger partial charge in [0, 0.05) is 33.4 Å². The highest BCUT2D eigenvalue weighted by molar-refractivity contribution is 6.11. The molecule has 0 radical (unpaired) electrons. The number of anilines is 3. The monoisotopic (exact) mass is 738 g/mol. The summed E-state index contributed by atoms with van der Waals surface area (Å²) < 4.78 is 2.38.